The first-order valence-electron chi connectivity index (χ1n) is 7.49. The molecule has 4 unspecified atom stereocenters. The third-order valence-electron chi connectivity index (χ3n) is 4.69. The Morgan fingerprint density at radius 3 is 3.00 bits per heavy atom. The first kappa shape index (κ1) is 11.9. The number of rotatable bonds is 3. The molecule has 0 aromatic heterocycles. The van der Waals surface area contributed by atoms with Gasteiger partial charge in [0.1, 0.15) is 0 Å². The first-order valence-corrected chi connectivity index (χ1v) is 7.49. The van der Waals surface area contributed by atoms with Gasteiger partial charge in [-0.1, -0.05) is 13.3 Å². The summed E-state index contributed by atoms with van der Waals surface area (Å²) in [5.74, 6) is 0. The summed E-state index contributed by atoms with van der Waals surface area (Å²) in [5, 5.41) is 3.70. The molecule has 98 valence electrons. The number of nitrogens with zero attached hydrogens (tertiary/aromatic N) is 1. The summed E-state index contributed by atoms with van der Waals surface area (Å²) >= 11 is 0. The van der Waals surface area contributed by atoms with Crippen LogP contribution in [0.4, 0.5) is 0 Å². The lowest BCUT2D eigenvalue weighted by atomic mass is 9.93. The van der Waals surface area contributed by atoms with Gasteiger partial charge >= 0.3 is 0 Å². The van der Waals surface area contributed by atoms with E-state index in [4.69, 9.17) is 4.74 Å². The predicted molar refractivity (Wildman–Crippen MR) is 69.2 cm³/mol. The molecule has 4 atom stereocenters. The third-order valence-corrected chi connectivity index (χ3v) is 4.69. The Hall–Kier alpha value is -0.120. The fraction of sp³-hybridized carbons (Fsp3) is 1.00. The average molecular weight is 238 g/mol. The molecule has 3 heterocycles. The maximum Gasteiger partial charge on any atom is 0.0735 e. The van der Waals surface area contributed by atoms with E-state index < -0.39 is 0 Å². The summed E-state index contributed by atoms with van der Waals surface area (Å²) in [7, 11) is 0. The van der Waals surface area contributed by atoms with E-state index in [-0.39, 0.29) is 0 Å². The van der Waals surface area contributed by atoms with Gasteiger partial charge in [-0.3, -0.25) is 4.90 Å². The Morgan fingerprint density at radius 2 is 2.29 bits per heavy atom. The highest BCUT2D eigenvalue weighted by Gasteiger charge is 2.43. The number of hydrogen-bond acceptors (Lipinski definition) is 3. The number of nitrogens with one attached hydrogen (secondary N) is 1. The van der Waals surface area contributed by atoms with Gasteiger partial charge in [-0.25, -0.2) is 0 Å². The molecule has 3 nitrogen and oxygen atoms in total. The highest BCUT2D eigenvalue weighted by molar-refractivity contribution is 4.96. The Morgan fingerprint density at radius 1 is 1.35 bits per heavy atom. The van der Waals surface area contributed by atoms with Gasteiger partial charge in [0.05, 0.1) is 12.2 Å². The second-order valence-electron chi connectivity index (χ2n) is 5.97. The van der Waals surface area contributed by atoms with E-state index in [1.807, 2.05) is 0 Å². The zero-order valence-corrected chi connectivity index (χ0v) is 11.0. The molecule has 17 heavy (non-hydrogen) atoms. The van der Waals surface area contributed by atoms with E-state index in [2.05, 4.69) is 17.1 Å². The fourth-order valence-electron chi connectivity index (χ4n) is 3.87. The van der Waals surface area contributed by atoms with E-state index in [0.29, 0.717) is 18.2 Å². The standard InChI is InChI=1S/C14H26N2O/c1-2-4-11-10-16(8-3-7-15-11)13-9-12-5-6-14(13)17-12/h11-15H,2-10H2,1H3. The van der Waals surface area contributed by atoms with Gasteiger partial charge in [0.2, 0.25) is 0 Å². The van der Waals surface area contributed by atoms with Gasteiger partial charge in [-0.05, 0) is 45.2 Å². The van der Waals surface area contributed by atoms with Crippen molar-refractivity contribution in [2.24, 2.45) is 0 Å². The SMILES string of the molecule is CCCC1CN(C2CC3CCC2O3)CCCN1. The van der Waals surface area contributed by atoms with Crippen LogP contribution < -0.4 is 5.32 Å². The van der Waals surface area contributed by atoms with E-state index in [1.54, 1.807) is 0 Å². The maximum absolute atomic E-state index is 6.01. The van der Waals surface area contributed by atoms with Crippen molar-refractivity contribution in [3.63, 3.8) is 0 Å². The summed E-state index contributed by atoms with van der Waals surface area (Å²) in [6.07, 6.45) is 8.96. The molecule has 0 spiro atoms. The summed E-state index contributed by atoms with van der Waals surface area (Å²) < 4.78 is 6.01. The molecule has 2 bridgehead atoms. The molecule has 3 aliphatic rings. The molecule has 0 amide bonds. The van der Waals surface area contributed by atoms with Crippen LogP contribution in [0.3, 0.4) is 0 Å². The van der Waals surface area contributed by atoms with Crippen molar-refractivity contribution in [2.75, 3.05) is 19.6 Å². The fourth-order valence-corrected chi connectivity index (χ4v) is 3.87. The largest absolute Gasteiger partial charge is 0.373 e. The Bertz CT molecular complexity index is 259. The van der Waals surface area contributed by atoms with Crippen molar-refractivity contribution in [1.29, 1.82) is 0 Å². The van der Waals surface area contributed by atoms with Crippen LogP contribution in [0.25, 0.3) is 0 Å². The molecule has 0 aromatic rings. The maximum atomic E-state index is 6.01. The van der Waals surface area contributed by atoms with Gasteiger partial charge in [-0.2, -0.15) is 0 Å². The van der Waals surface area contributed by atoms with Gasteiger partial charge < -0.3 is 10.1 Å². The van der Waals surface area contributed by atoms with Crippen LogP contribution in [0.5, 0.6) is 0 Å². The topological polar surface area (TPSA) is 24.5 Å². The normalized spacial score (nSPS) is 42.9. The lowest BCUT2D eigenvalue weighted by Crippen LogP contribution is -2.46. The Labute approximate surface area is 105 Å². The summed E-state index contributed by atoms with van der Waals surface area (Å²) in [6, 6.07) is 1.44. The van der Waals surface area contributed by atoms with Gasteiger partial charge in [-0.15, -0.1) is 0 Å². The molecule has 3 aliphatic heterocycles. The van der Waals surface area contributed by atoms with Crippen LogP contribution in [-0.4, -0.2) is 48.8 Å². The van der Waals surface area contributed by atoms with E-state index >= 15 is 0 Å². The van der Waals surface area contributed by atoms with E-state index in [0.717, 1.165) is 6.04 Å². The van der Waals surface area contributed by atoms with Crippen LogP contribution in [-0.2, 0) is 4.74 Å². The lowest BCUT2D eigenvalue weighted by Gasteiger charge is -2.33. The van der Waals surface area contributed by atoms with Crippen molar-refractivity contribution in [2.45, 2.75) is 69.7 Å². The second-order valence-corrected chi connectivity index (χ2v) is 5.97. The molecular formula is C14H26N2O. The highest BCUT2D eigenvalue weighted by Crippen LogP contribution is 2.37. The van der Waals surface area contributed by atoms with Crippen LogP contribution in [0.15, 0.2) is 0 Å². The van der Waals surface area contributed by atoms with Crippen LogP contribution >= 0.6 is 0 Å². The zero-order chi connectivity index (χ0) is 11.7. The monoisotopic (exact) mass is 238 g/mol. The van der Waals surface area contributed by atoms with Crippen molar-refractivity contribution in [1.82, 2.24) is 10.2 Å². The molecule has 3 heteroatoms. The van der Waals surface area contributed by atoms with E-state index in [9.17, 15) is 0 Å². The smallest absolute Gasteiger partial charge is 0.0735 e. The van der Waals surface area contributed by atoms with E-state index in [1.165, 1.54) is 58.2 Å². The Balaban J connectivity index is 1.61. The van der Waals surface area contributed by atoms with Crippen LogP contribution in [0.1, 0.15) is 45.4 Å². The quantitative estimate of drug-likeness (QED) is 0.811. The first-order chi connectivity index (χ1) is 8.36. The van der Waals surface area contributed by atoms with Crippen molar-refractivity contribution >= 4 is 0 Å². The van der Waals surface area contributed by atoms with Gasteiger partial charge in [0, 0.05) is 18.6 Å². The van der Waals surface area contributed by atoms with Crippen molar-refractivity contribution < 1.29 is 4.74 Å². The molecule has 0 aliphatic carbocycles. The lowest BCUT2D eigenvalue weighted by molar-refractivity contribution is 0.0689. The molecular weight excluding hydrogens is 212 g/mol. The molecule has 1 N–H and O–H groups in total. The Kier molecular flexibility index (Phi) is 3.69. The van der Waals surface area contributed by atoms with Crippen LogP contribution in [0, 0.1) is 0 Å². The number of fused-ring (bicyclic) bond motifs is 2. The average Bonchev–Trinajstić information content (AvgIpc) is 2.88. The van der Waals surface area contributed by atoms with Gasteiger partial charge in [0.25, 0.3) is 0 Å². The van der Waals surface area contributed by atoms with Crippen LogP contribution in [0.2, 0.25) is 0 Å². The van der Waals surface area contributed by atoms with Crippen molar-refractivity contribution in [3.8, 4) is 0 Å². The summed E-state index contributed by atoms with van der Waals surface area (Å²) in [6.45, 7) is 6.00. The minimum Gasteiger partial charge on any atom is -0.373 e. The molecule has 0 radical (unpaired) electrons. The second kappa shape index (κ2) is 5.25. The predicted octanol–water partition coefficient (Wildman–Crippen LogP) is 1.77. The molecule has 3 fully saturated rings. The molecule has 3 rings (SSSR count). The minimum absolute atomic E-state index is 0.556. The molecule has 0 aromatic carbocycles. The highest BCUT2D eigenvalue weighted by atomic mass is 16.5. The molecule has 0 saturated carbocycles. The number of ether oxygens (including phenoxy) is 1. The zero-order valence-electron chi connectivity index (χ0n) is 11.0. The number of hydrogen-bond donors (Lipinski definition) is 1. The minimum atomic E-state index is 0.556. The third kappa shape index (κ3) is 2.51. The summed E-state index contributed by atoms with van der Waals surface area (Å²) in [4.78, 5) is 2.73. The molecule has 3 saturated heterocycles. The van der Waals surface area contributed by atoms with Gasteiger partial charge in [0.15, 0.2) is 0 Å². The summed E-state index contributed by atoms with van der Waals surface area (Å²) in [5.41, 5.74) is 0. The van der Waals surface area contributed by atoms with Crippen molar-refractivity contribution in [3.05, 3.63) is 0 Å².